The fourth-order valence-corrected chi connectivity index (χ4v) is 2.95. The number of nitro benzene ring substituents is 1. The topological polar surface area (TPSA) is 136 Å². The number of sulfonamides is 1. The first-order chi connectivity index (χ1) is 10.8. The minimum Gasteiger partial charge on any atom is -0.355 e. The summed E-state index contributed by atoms with van der Waals surface area (Å²) in [6.45, 7) is 0.575. The van der Waals surface area contributed by atoms with Gasteiger partial charge in [0, 0.05) is 25.7 Å². The molecule has 24 heavy (non-hydrogen) atoms. The summed E-state index contributed by atoms with van der Waals surface area (Å²) < 4.78 is 25.5. The van der Waals surface area contributed by atoms with Crippen molar-refractivity contribution in [2.75, 3.05) is 26.7 Å². The Morgan fingerprint density at radius 3 is 2.62 bits per heavy atom. The van der Waals surface area contributed by atoms with Crippen LogP contribution >= 0.6 is 12.4 Å². The van der Waals surface area contributed by atoms with Crippen LogP contribution in [0.25, 0.3) is 0 Å². The van der Waals surface area contributed by atoms with Gasteiger partial charge >= 0.3 is 0 Å². The van der Waals surface area contributed by atoms with Gasteiger partial charge in [-0.1, -0.05) is 6.07 Å². The number of amides is 1. The zero-order valence-electron chi connectivity index (χ0n) is 13.2. The first-order valence-corrected chi connectivity index (χ1v) is 8.40. The molecule has 1 aromatic rings. The highest BCUT2D eigenvalue weighted by Gasteiger charge is 2.24. The molecule has 1 aromatic carbocycles. The first kappa shape index (κ1) is 22.2. The number of benzene rings is 1. The smallest absolute Gasteiger partial charge is 0.270 e. The molecular formula is C13H21ClN4O5S. The van der Waals surface area contributed by atoms with Gasteiger partial charge in [-0.15, -0.1) is 12.4 Å². The van der Waals surface area contributed by atoms with E-state index in [0.29, 0.717) is 19.5 Å². The van der Waals surface area contributed by atoms with Gasteiger partial charge < -0.3 is 11.1 Å². The van der Waals surface area contributed by atoms with Crippen molar-refractivity contribution in [3.63, 3.8) is 0 Å². The average Bonchev–Trinajstić information content (AvgIpc) is 2.51. The van der Waals surface area contributed by atoms with Crippen molar-refractivity contribution in [2.45, 2.75) is 17.7 Å². The quantitative estimate of drug-likeness (QED) is 0.363. The third-order valence-electron chi connectivity index (χ3n) is 3.06. The molecule has 0 spiro atoms. The number of rotatable bonds is 9. The van der Waals surface area contributed by atoms with Crippen LogP contribution in [-0.4, -0.2) is 50.2 Å². The first-order valence-electron chi connectivity index (χ1n) is 6.96. The number of carbonyl (C=O) groups is 1. The van der Waals surface area contributed by atoms with Gasteiger partial charge in [-0.3, -0.25) is 14.9 Å². The summed E-state index contributed by atoms with van der Waals surface area (Å²) in [5, 5.41) is 13.3. The van der Waals surface area contributed by atoms with Gasteiger partial charge in [0.15, 0.2) is 0 Å². The number of nitro groups is 1. The van der Waals surface area contributed by atoms with E-state index in [4.69, 9.17) is 5.73 Å². The van der Waals surface area contributed by atoms with Crippen molar-refractivity contribution in [3.8, 4) is 0 Å². The number of likely N-dealkylation sites (N-methyl/N-ethyl adjacent to an activating group) is 1. The van der Waals surface area contributed by atoms with E-state index in [0.717, 1.165) is 16.8 Å². The summed E-state index contributed by atoms with van der Waals surface area (Å²) in [5.41, 5.74) is 5.00. The van der Waals surface area contributed by atoms with Crippen molar-refractivity contribution in [2.24, 2.45) is 5.73 Å². The fraction of sp³-hybridized carbons (Fsp3) is 0.462. The highest BCUT2D eigenvalue weighted by atomic mass is 35.5. The van der Waals surface area contributed by atoms with Crippen molar-refractivity contribution >= 4 is 34.0 Å². The SMILES string of the molecule is CN(CC(=O)NCCCCN)S(=O)(=O)c1cccc([N+](=O)[O-])c1.Cl. The molecule has 0 heterocycles. The zero-order valence-corrected chi connectivity index (χ0v) is 14.8. The number of halogens is 1. The number of non-ortho nitro benzene ring substituents is 1. The lowest BCUT2D eigenvalue weighted by molar-refractivity contribution is -0.385. The van der Waals surface area contributed by atoms with E-state index in [2.05, 4.69) is 5.32 Å². The molecule has 11 heteroatoms. The third-order valence-corrected chi connectivity index (χ3v) is 4.86. The van der Waals surface area contributed by atoms with Crippen LogP contribution in [0.1, 0.15) is 12.8 Å². The molecule has 136 valence electrons. The molecule has 0 saturated heterocycles. The number of hydrogen-bond donors (Lipinski definition) is 2. The maximum Gasteiger partial charge on any atom is 0.270 e. The van der Waals surface area contributed by atoms with Crippen LogP contribution in [0.4, 0.5) is 5.69 Å². The lowest BCUT2D eigenvalue weighted by Crippen LogP contribution is -2.38. The Hall–Kier alpha value is -1.75. The maximum atomic E-state index is 12.3. The maximum absolute atomic E-state index is 12.3. The lowest BCUT2D eigenvalue weighted by atomic mass is 10.3. The van der Waals surface area contributed by atoms with Gasteiger partial charge in [-0.25, -0.2) is 8.42 Å². The number of unbranched alkanes of at least 4 members (excludes halogenated alkanes) is 1. The monoisotopic (exact) mass is 380 g/mol. The number of nitrogens with two attached hydrogens (primary N) is 1. The van der Waals surface area contributed by atoms with E-state index < -0.39 is 20.9 Å². The Balaban J connectivity index is 0.00000529. The molecule has 0 radical (unpaired) electrons. The number of carbonyl (C=O) groups excluding carboxylic acids is 1. The highest BCUT2D eigenvalue weighted by molar-refractivity contribution is 7.89. The predicted molar refractivity (Wildman–Crippen MR) is 91.5 cm³/mol. The molecule has 0 unspecified atom stereocenters. The molecule has 0 aliphatic rings. The minimum atomic E-state index is -3.98. The molecule has 9 nitrogen and oxygen atoms in total. The van der Waals surface area contributed by atoms with Crippen LogP contribution < -0.4 is 11.1 Å². The Labute approximate surface area is 146 Å². The molecule has 1 rings (SSSR count). The lowest BCUT2D eigenvalue weighted by Gasteiger charge is -2.16. The van der Waals surface area contributed by atoms with Gasteiger partial charge in [0.1, 0.15) is 0 Å². The number of nitrogens with one attached hydrogen (secondary N) is 1. The molecule has 0 aliphatic carbocycles. The van der Waals surface area contributed by atoms with Crippen LogP contribution in [0.5, 0.6) is 0 Å². The van der Waals surface area contributed by atoms with E-state index in [9.17, 15) is 23.3 Å². The van der Waals surface area contributed by atoms with Crippen LogP contribution in [0, 0.1) is 10.1 Å². The molecule has 0 aromatic heterocycles. The van der Waals surface area contributed by atoms with Crippen LogP contribution in [-0.2, 0) is 14.8 Å². The van der Waals surface area contributed by atoms with Crippen LogP contribution in [0.2, 0.25) is 0 Å². The summed E-state index contributed by atoms with van der Waals surface area (Å²) in [4.78, 5) is 21.5. The van der Waals surface area contributed by atoms with Crippen LogP contribution in [0.15, 0.2) is 29.2 Å². The summed E-state index contributed by atoms with van der Waals surface area (Å²) in [6, 6.07) is 4.69. The number of hydrogen-bond acceptors (Lipinski definition) is 6. The minimum absolute atomic E-state index is 0. The largest absolute Gasteiger partial charge is 0.355 e. The standard InChI is InChI=1S/C13H20N4O5S.ClH/c1-16(10-13(18)15-8-3-2-7-14)23(21,22)12-6-4-5-11(9-12)17(19)20;/h4-6,9H,2-3,7-8,10,14H2,1H3,(H,15,18);1H. The summed E-state index contributed by atoms with van der Waals surface area (Å²) in [5.74, 6) is -0.446. The van der Waals surface area contributed by atoms with Crippen molar-refractivity contribution in [1.82, 2.24) is 9.62 Å². The Bertz CT molecular complexity index is 668. The summed E-state index contributed by atoms with van der Waals surface area (Å²) >= 11 is 0. The Morgan fingerprint density at radius 1 is 1.38 bits per heavy atom. The molecule has 0 atom stereocenters. The summed E-state index contributed by atoms with van der Waals surface area (Å²) in [7, 11) is -2.73. The van der Waals surface area contributed by atoms with Gasteiger partial charge in [-0.2, -0.15) is 4.31 Å². The van der Waals surface area contributed by atoms with Crippen molar-refractivity contribution in [3.05, 3.63) is 34.4 Å². The van der Waals surface area contributed by atoms with Crippen LogP contribution in [0.3, 0.4) is 0 Å². The van der Waals surface area contributed by atoms with Gasteiger partial charge in [0.2, 0.25) is 15.9 Å². The van der Waals surface area contributed by atoms with E-state index >= 15 is 0 Å². The van der Waals surface area contributed by atoms with Crippen molar-refractivity contribution < 1.29 is 18.1 Å². The molecule has 0 fully saturated rings. The van der Waals surface area contributed by atoms with Crippen molar-refractivity contribution in [1.29, 1.82) is 0 Å². The average molecular weight is 381 g/mol. The fourth-order valence-electron chi connectivity index (χ4n) is 1.78. The van der Waals surface area contributed by atoms with Gasteiger partial charge in [0.25, 0.3) is 5.69 Å². The molecule has 0 saturated carbocycles. The molecule has 0 aliphatic heterocycles. The highest BCUT2D eigenvalue weighted by Crippen LogP contribution is 2.19. The second-order valence-corrected chi connectivity index (χ2v) is 6.91. The molecule has 0 bridgehead atoms. The van der Waals surface area contributed by atoms with Gasteiger partial charge in [0.05, 0.1) is 16.4 Å². The Kier molecular flexibility index (Phi) is 9.44. The predicted octanol–water partition coefficient (Wildman–Crippen LogP) is 0.492. The second kappa shape index (κ2) is 10.2. The summed E-state index contributed by atoms with van der Waals surface area (Å²) in [6.07, 6.45) is 1.48. The second-order valence-electron chi connectivity index (χ2n) is 4.86. The molecular weight excluding hydrogens is 360 g/mol. The zero-order chi connectivity index (χ0) is 17.5. The Morgan fingerprint density at radius 2 is 2.04 bits per heavy atom. The van der Waals surface area contributed by atoms with E-state index in [1.165, 1.54) is 25.2 Å². The molecule has 1 amide bonds. The normalized spacial score (nSPS) is 11.0. The van der Waals surface area contributed by atoms with E-state index in [1.54, 1.807) is 0 Å². The van der Waals surface area contributed by atoms with Gasteiger partial charge in [-0.05, 0) is 25.5 Å². The van der Waals surface area contributed by atoms with E-state index in [1.807, 2.05) is 0 Å². The third kappa shape index (κ3) is 6.40. The molecule has 3 N–H and O–H groups in total. The number of nitrogens with zero attached hydrogens (tertiary/aromatic N) is 2. The van der Waals surface area contributed by atoms with E-state index in [-0.39, 0.29) is 29.5 Å².